The lowest BCUT2D eigenvalue weighted by atomic mass is 10.3. The van der Waals surface area contributed by atoms with Crippen LogP contribution in [0.3, 0.4) is 0 Å². The number of hydrogen-bond donors (Lipinski definition) is 1. The zero-order valence-electron chi connectivity index (χ0n) is 9.94. The zero-order chi connectivity index (χ0) is 11.8. The maximum absolute atomic E-state index is 4.10. The quantitative estimate of drug-likeness (QED) is 0.832. The van der Waals surface area contributed by atoms with Crippen LogP contribution in [0.15, 0.2) is 43.0 Å². The Hall–Kier alpha value is -1.90. The minimum absolute atomic E-state index is 0.972. The first-order valence-electron chi connectivity index (χ1n) is 5.43. The molecule has 0 atom stereocenters. The van der Waals surface area contributed by atoms with Gasteiger partial charge < -0.3 is 5.32 Å². The Kier molecular flexibility index (Phi) is 4.99. The summed E-state index contributed by atoms with van der Waals surface area (Å²) in [6.07, 6.45) is 7.15. The van der Waals surface area contributed by atoms with Crippen LogP contribution in [0.5, 0.6) is 0 Å². The van der Waals surface area contributed by atoms with E-state index >= 15 is 0 Å². The van der Waals surface area contributed by atoms with Crippen molar-refractivity contribution in [2.24, 2.45) is 0 Å². The third-order valence-corrected chi connectivity index (χ3v) is 1.83. The Bertz CT molecular complexity index is 413. The van der Waals surface area contributed by atoms with E-state index < -0.39 is 0 Å². The topological polar surface area (TPSA) is 37.8 Å². The van der Waals surface area contributed by atoms with Crippen LogP contribution in [0, 0.1) is 6.92 Å². The SMILES string of the molecule is CC.Cc1cncc(Nc2cccnc2)c1. The number of rotatable bonds is 2. The molecule has 2 rings (SSSR count). The van der Waals surface area contributed by atoms with E-state index in [4.69, 9.17) is 0 Å². The van der Waals surface area contributed by atoms with Crippen LogP contribution in [-0.2, 0) is 0 Å². The molecule has 0 aliphatic heterocycles. The van der Waals surface area contributed by atoms with E-state index in [2.05, 4.69) is 15.3 Å². The number of nitrogens with zero attached hydrogens (tertiary/aromatic N) is 2. The Balaban J connectivity index is 0.000000606. The van der Waals surface area contributed by atoms with E-state index in [-0.39, 0.29) is 0 Å². The van der Waals surface area contributed by atoms with Crippen molar-refractivity contribution in [2.45, 2.75) is 20.8 Å². The van der Waals surface area contributed by atoms with Gasteiger partial charge in [0.1, 0.15) is 0 Å². The summed E-state index contributed by atoms with van der Waals surface area (Å²) in [5.41, 5.74) is 3.09. The second-order valence-corrected chi connectivity index (χ2v) is 3.12. The van der Waals surface area contributed by atoms with Crippen molar-refractivity contribution in [1.82, 2.24) is 9.97 Å². The molecule has 0 aliphatic rings. The molecular formula is C13H17N3. The normalized spacial score (nSPS) is 8.94. The Labute approximate surface area is 96.6 Å². The Morgan fingerprint density at radius 3 is 2.38 bits per heavy atom. The molecule has 2 aromatic rings. The van der Waals surface area contributed by atoms with E-state index in [1.807, 2.05) is 45.2 Å². The highest BCUT2D eigenvalue weighted by atomic mass is 14.9. The van der Waals surface area contributed by atoms with Gasteiger partial charge in [0.25, 0.3) is 0 Å². The molecule has 2 aromatic heterocycles. The van der Waals surface area contributed by atoms with E-state index in [0.717, 1.165) is 16.9 Å². The van der Waals surface area contributed by atoms with Gasteiger partial charge in [0, 0.05) is 12.4 Å². The molecule has 0 aromatic carbocycles. The molecule has 16 heavy (non-hydrogen) atoms. The average Bonchev–Trinajstić information content (AvgIpc) is 2.33. The molecule has 0 spiro atoms. The minimum atomic E-state index is 0.972. The molecule has 0 bridgehead atoms. The highest BCUT2D eigenvalue weighted by Gasteiger charge is 1.94. The fourth-order valence-electron chi connectivity index (χ4n) is 1.23. The first kappa shape index (κ1) is 12.2. The second-order valence-electron chi connectivity index (χ2n) is 3.12. The summed E-state index contributed by atoms with van der Waals surface area (Å²) in [6, 6.07) is 5.90. The molecule has 0 aliphatic carbocycles. The highest BCUT2D eigenvalue weighted by molar-refractivity contribution is 5.57. The highest BCUT2D eigenvalue weighted by Crippen LogP contribution is 2.14. The second kappa shape index (κ2) is 6.56. The van der Waals surface area contributed by atoms with E-state index in [9.17, 15) is 0 Å². The number of aromatic nitrogens is 2. The summed E-state index contributed by atoms with van der Waals surface area (Å²) >= 11 is 0. The predicted molar refractivity (Wildman–Crippen MR) is 67.8 cm³/mol. The van der Waals surface area contributed by atoms with Crippen molar-refractivity contribution in [2.75, 3.05) is 5.32 Å². The largest absolute Gasteiger partial charge is 0.353 e. The van der Waals surface area contributed by atoms with Gasteiger partial charge in [0.05, 0.1) is 23.8 Å². The molecule has 3 heteroatoms. The lowest BCUT2D eigenvalue weighted by Gasteiger charge is -2.05. The van der Waals surface area contributed by atoms with Gasteiger partial charge in [-0.15, -0.1) is 0 Å². The van der Waals surface area contributed by atoms with Crippen LogP contribution in [0.1, 0.15) is 19.4 Å². The van der Waals surface area contributed by atoms with Crippen LogP contribution in [0.25, 0.3) is 0 Å². The van der Waals surface area contributed by atoms with Crippen LogP contribution in [0.4, 0.5) is 11.4 Å². The lowest BCUT2D eigenvalue weighted by Crippen LogP contribution is -1.91. The average molecular weight is 215 g/mol. The van der Waals surface area contributed by atoms with Crippen molar-refractivity contribution in [3.63, 3.8) is 0 Å². The monoisotopic (exact) mass is 215 g/mol. The van der Waals surface area contributed by atoms with Crippen molar-refractivity contribution < 1.29 is 0 Å². The third kappa shape index (κ3) is 3.69. The molecule has 84 valence electrons. The van der Waals surface area contributed by atoms with E-state index in [0.29, 0.717) is 0 Å². The Morgan fingerprint density at radius 1 is 1.00 bits per heavy atom. The molecule has 0 amide bonds. The maximum Gasteiger partial charge on any atom is 0.0573 e. The van der Waals surface area contributed by atoms with Gasteiger partial charge in [-0.2, -0.15) is 0 Å². The number of hydrogen-bond acceptors (Lipinski definition) is 3. The van der Waals surface area contributed by atoms with Crippen molar-refractivity contribution in [1.29, 1.82) is 0 Å². The van der Waals surface area contributed by atoms with Crippen LogP contribution < -0.4 is 5.32 Å². The lowest BCUT2D eigenvalue weighted by molar-refractivity contribution is 1.26. The van der Waals surface area contributed by atoms with E-state index in [1.165, 1.54) is 0 Å². The van der Waals surface area contributed by atoms with Gasteiger partial charge in [-0.3, -0.25) is 9.97 Å². The molecule has 0 fully saturated rings. The maximum atomic E-state index is 4.10. The van der Waals surface area contributed by atoms with Gasteiger partial charge in [0.2, 0.25) is 0 Å². The molecule has 1 N–H and O–H groups in total. The number of anilines is 2. The van der Waals surface area contributed by atoms with Crippen molar-refractivity contribution in [3.8, 4) is 0 Å². The third-order valence-electron chi connectivity index (χ3n) is 1.83. The summed E-state index contributed by atoms with van der Waals surface area (Å²) in [5.74, 6) is 0. The summed E-state index contributed by atoms with van der Waals surface area (Å²) in [4.78, 5) is 8.12. The standard InChI is InChI=1S/C11H11N3.C2H6/c1-9-5-11(8-13-6-9)14-10-3-2-4-12-7-10;1-2/h2-8,14H,1H3;1-2H3. The minimum Gasteiger partial charge on any atom is -0.353 e. The summed E-state index contributed by atoms with van der Waals surface area (Å²) in [5, 5.41) is 3.22. The van der Waals surface area contributed by atoms with Gasteiger partial charge in [-0.1, -0.05) is 13.8 Å². The zero-order valence-corrected chi connectivity index (χ0v) is 9.94. The van der Waals surface area contributed by atoms with Crippen LogP contribution in [0.2, 0.25) is 0 Å². The Morgan fingerprint density at radius 2 is 1.75 bits per heavy atom. The number of aryl methyl sites for hydroxylation is 1. The summed E-state index contributed by atoms with van der Waals surface area (Å²) < 4.78 is 0. The molecule has 0 saturated carbocycles. The fraction of sp³-hybridized carbons (Fsp3) is 0.231. The number of nitrogens with one attached hydrogen (secondary N) is 1. The fourth-order valence-corrected chi connectivity index (χ4v) is 1.23. The molecule has 0 saturated heterocycles. The van der Waals surface area contributed by atoms with Crippen molar-refractivity contribution >= 4 is 11.4 Å². The summed E-state index contributed by atoms with van der Waals surface area (Å²) in [7, 11) is 0. The van der Waals surface area contributed by atoms with Gasteiger partial charge >= 0.3 is 0 Å². The van der Waals surface area contributed by atoms with Crippen LogP contribution >= 0.6 is 0 Å². The van der Waals surface area contributed by atoms with Gasteiger partial charge in [-0.05, 0) is 30.7 Å². The predicted octanol–water partition coefficient (Wildman–Crippen LogP) is 3.55. The molecule has 2 heterocycles. The van der Waals surface area contributed by atoms with Gasteiger partial charge in [0.15, 0.2) is 0 Å². The first-order chi connectivity index (χ1) is 7.84. The molecule has 0 unspecified atom stereocenters. The van der Waals surface area contributed by atoms with E-state index in [1.54, 1.807) is 18.6 Å². The smallest absolute Gasteiger partial charge is 0.0573 e. The molecular weight excluding hydrogens is 198 g/mol. The van der Waals surface area contributed by atoms with Crippen LogP contribution in [-0.4, -0.2) is 9.97 Å². The summed E-state index contributed by atoms with van der Waals surface area (Å²) in [6.45, 7) is 6.02. The number of pyridine rings is 2. The van der Waals surface area contributed by atoms with Gasteiger partial charge in [-0.25, -0.2) is 0 Å². The van der Waals surface area contributed by atoms with Crippen molar-refractivity contribution in [3.05, 3.63) is 48.5 Å². The molecule has 0 radical (unpaired) electrons. The molecule has 3 nitrogen and oxygen atoms in total. The first-order valence-corrected chi connectivity index (χ1v) is 5.43.